The van der Waals surface area contributed by atoms with E-state index in [0.29, 0.717) is 13.1 Å². The molecule has 0 unspecified atom stereocenters. The third-order valence-corrected chi connectivity index (χ3v) is 3.61. The van der Waals surface area contributed by atoms with Crippen molar-refractivity contribution in [3.8, 4) is 0 Å². The van der Waals surface area contributed by atoms with Crippen molar-refractivity contribution in [2.45, 2.75) is 12.8 Å². The van der Waals surface area contributed by atoms with Crippen molar-refractivity contribution in [3.63, 3.8) is 0 Å². The Labute approximate surface area is 114 Å². The molecular formula is C17H18N2. The number of aliphatic imine (C=N–C) groups is 1. The van der Waals surface area contributed by atoms with Crippen LogP contribution in [0.2, 0.25) is 0 Å². The van der Waals surface area contributed by atoms with E-state index < -0.39 is 0 Å². The second kappa shape index (κ2) is 5.37. The van der Waals surface area contributed by atoms with Gasteiger partial charge in [0.15, 0.2) is 0 Å². The van der Waals surface area contributed by atoms with Gasteiger partial charge < -0.3 is 5.73 Å². The molecule has 0 heterocycles. The summed E-state index contributed by atoms with van der Waals surface area (Å²) in [6, 6.07) is 17.2. The number of hydrogen-bond donors (Lipinski definition) is 1. The molecule has 0 aromatic heterocycles. The standard InChI is InChI=1S/C17H18N2/c18-11-12-19-17-15-7-3-1-5-13(15)9-10-14-6-2-4-8-16(14)17/h1-8H,9-12,18H2. The highest BCUT2D eigenvalue weighted by Crippen LogP contribution is 2.24. The van der Waals surface area contributed by atoms with Crippen molar-refractivity contribution in [1.29, 1.82) is 0 Å². The highest BCUT2D eigenvalue weighted by atomic mass is 14.8. The van der Waals surface area contributed by atoms with Gasteiger partial charge in [-0.1, -0.05) is 48.5 Å². The summed E-state index contributed by atoms with van der Waals surface area (Å²) < 4.78 is 0. The average molecular weight is 250 g/mol. The second-order valence-electron chi connectivity index (χ2n) is 4.83. The van der Waals surface area contributed by atoms with Crippen molar-refractivity contribution in [3.05, 3.63) is 70.8 Å². The van der Waals surface area contributed by atoms with Crippen LogP contribution in [0.4, 0.5) is 0 Å². The van der Waals surface area contributed by atoms with Gasteiger partial charge in [-0.15, -0.1) is 0 Å². The van der Waals surface area contributed by atoms with E-state index in [0.717, 1.165) is 18.6 Å². The zero-order chi connectivity index (χ0) is 13.1. The molecule has 2 aromatic carbocycles. The topological polar surface area (TPSA) is 38.4 Å². The van der Waals surface area contributed by atoms with E-state index in [1.807, 2.05) is 0 Å². The van der Waals surface area contributed by atoms with Crippen LogP contribution < -0.4 is 5.73 Å². The van der Waals surface area contributed by atoms with E-state index in [4.69, 9.17) is 10.7 Å². The van der Waals surface area contributed by atoms with Gasteiger partial charge in [-0.3, -0.25) is 4.99 Å². The maximum Gasteiger partial charge on any atom is 0.0725 e. The molecule has 0 radical (unpaired) electrons. The largest absolute Gasteiger partial charge is 0.329 e. The summed E-state index contributed by atoms with van der Waals surface area (Å²) in [5, 5.41) is 0. The van der Waals surface area contributed by atoms with E-state index in [-0.39, 0.29) is 0 Å². The lowest BCUT2D eigenvalue weighted by molar-refractivity contribution is 0.965. The van der Waals surface area contributed by atoms with E-state index in [1.165, 1.54) is 22.3 Å². The number of nitrogens with two attached hydrogens (primary N) is 1. The van der Waals surface area contributed by atoms with E-state index >= 15 is 0 Å². The molecule has 1 aliphatic rings. The number of nitrogens with zero attached hydrogens (tertiary/aromatic N) is 1. The van der Waals surface area contributed by atoms with Crippen LogP contribution in [-0.2, 0) is 12.8 Å². The Balaban J connectivity index is 2.19. The summed E-state index contributed by atoms with van der Waals surface area (Å²) in [6.45, 7) is 1.27. The minimum Gasteiger partial charge on any atom is -0.329 e. The van der Waals surface area contributed by atoms with Crippen molar-refractivity contribution in [2.24, 2.45) is 10.7 Å². The smallest absolute Gasteiger partial charge is 0.0725 e. The minimum absolute atomic E-state index is 0.591. The predicted octanol–water partition coefficient (Wildman–Crippen LogP) is 2.58. The number of hydrogen-bond acceptors (Lipinski definition) is 2. The highest BCUT2D eigenvalue weighted by molar-refractivity contribution is 6.15. The number of rotatable bonds is 2. The molecule has 1 aliphatic carbocycles. The monoisotopic (exact) mass is 250 g/mol. The van der Waals surface area contributed by atoms with Gasteiger partial charge in [-0.2, -0.15) is 0 Å². The van der Waals surface area contributed by atoms with Gasteiger partial charge in [0.1, 0.15) is 0 Å². The summed E-state index contributed by atoms with van der Waals surface area (Å²) in [5.41, 5.74) is 12.0. The lowest BCUT2D eigenvalue weighted by Gasteiger charge is -2.10. The fourth-order valence-corrected chi connectivity index (χ4v) is 2.70. The maximum absolute atomic E-state index is 5.62. The van der Waals surface area contributed by atoms with Crippen LogP contribution in [0.1, 0.15) is 22.3 Å². The number of fused-ring (bicyclic) bond motifs is 2. The van der Waals surface area contributed by atoms with Crippen molar-refractivity contribution in [1.82, 2.24) is 0 Å². The maximum atomic E-state index is 5.62. The van der Waals surface area contributed by atoms with Crippen molar-refractivity contribution >= 4 is 5.71 Å². The zero-order valence-electron chi connectivity index (χ0n) is 11.0. The molecule has 2 nitrogen and oxygen atoms in total. The van der Waals surface area contributed by atoms with Gasteiger partial charge in [0.2, 0.25) is 0 Å². The van der Waals surface area contributed by atoms with Crippen LogP contribution in [-0.4, -0.2) is 18.8 Å². The Kier molecular flexibility index (Phi) is 3.43. The first-order chi connectivity index (χ1) is 9.40. The van der Waals surface area contributed by atoms with Crippen LogP contribution in [0, 0.1) is 0 Å². The van der Waals surface area contributed by atoms with Crippen LogP contribution >= 0.6 is 0 Å². The molecule has 0 aliphatic heterocycles. The van der Waals surface area contributed by atoms with E-state index in [2.05, 4.69) is 48.5 Å². The minimum atomic E-state index is 0.591. The molecule has 2 N–H and O–H groups in total. The lowest BCUT2D eigenvalue weighted by Crippen LogP contribution is -2.10. The van der Waals surface area contributed by atoms with Gasteiger partial charge in [-0.25, -0.2) is 0 Å². The molecule has 3 rings (SSSR count). The first kappa shape index (κ1) is 12.1. The fraction of sp³-hybridized carbons (Fsp3) is 0.235. The normalized spacial score (nSPS) is 13.4. The summed E-state index contributed by atoms with van der Waals surface area (Å²) >= 11 is 0. The SMILES string of the molecule is NCCN=C1c2ccccc2CCc2ccccc21. The van der Waals surface area contributed by atoms with Gasteiger partial charge in [0.25, 0.3) is 0 Å². The van der Waals surface area contributed by atoms with E-state index in [9.17, 15) is 0 Å². The molecule has 2 aromatic rings. The molecule has 0 amide bonds. The molecule has 0 bridgehead atoms. The van der Waals surface area contributed by atoms with Crippen LogP contribution in [0.3, 0.4) is 0 Å². The Hall–Kier alpha value is -1.93. The van der Waals surface area contributed by atoms with E-state index in [1.54, 1.807) is 0 Å². The number of benzene rings is 2. The molecule has 19 heavy (non-hydrogen) atoms. The molecule has 0 saturated heterocycles. The summed E-state index contributed by atoms with van der Waals surface area (Å²) in [4.78, 5) is 4.74. The zero-order valence-corrected chi connectivity index (χ0v) is 11.0. The lowest BCUT2D eigenvalue weighted by atomic mass is 9.98. The van der Waals surface area contributed by atoms with Gasteiger partial charge in [0.05, 0.1) is 12.3 Å². The van der Waals surface area contributed by atoms with Gasteiger partial charge >= 0.3 is 0 Å². The Bertz CT molecular complexity index is 565. The molecule has 0 spiro atoms. The summed E-state index contributed by atoms with van der Waals surface area (Å²) in [5.74, 6) is 0. The van der Waals surface area contributed by atoms with Crippen LogP contribution in [0.5, 0.6) is 0 Å². The quantitative estimate of drug-likeness (QED) is 0.874. The summed E-state index contributed by atoms with van der Waals surface area (Å²) in [6.07, 6.45) is 2.16. The predicted molar refractivity (Wildman–Crippen MR) is 79.9 cm³/mol. The Morgan fingerprint density at radius 1 is 0.842 bits per heavy atom. The second-order valence-corrected chi connectivity index (χ2v) is 4.83. The first-order valence-corrected chi connectivity index (χ1v) is 6.81. The molecule has 0 fully saturated rings. The fourth-order valence-electron chi connectivity index (χ4n) is 2.70. The average Bonchev–Trinajstić information content (AvgIpc) is 2.62. The third kappa shape index (κ3) is 2.32. The van der Waals surface area contributed by atoms with Crippen LogP contribution in [0.25, 0.3) is 0 Å². The van der Waals surface area contributed by atoms with Crippen molar-refractivity contribution < 1.29 is 0 Å². The van der Waals surface area contributed by atoms with Crippen LogP contribution in [0.15, 0.2) is 53.5 Å². The number of aryl methyl sites for hydroxylation is 2. The molecule has 2 heteroatoms. The molecule has 0 saturated carbocycles. The Morgan fingerprint density at radius 2 is 1.37 bits per heavy atom. The molecule has 0 atom stereocenters. The van der Waals surface area contributed by atoms with Crippen molar-refractivity contribution in [2.75, 3.05) is 13.1 Å². The van der Waals surface area contributed by atoms with Gasteiger partial charge in [0, 0.05) is 17.7 Å². The first-order valence-electron chi connectivity index (χ1n) is 6.81. The molecular weight excluding hydrogens is 232 g/mol. The summed E-state index contributed by atoms with van der Waals surface area (Å²) in [7, 11) is 0. The Morgan fingerprint density at radius 3 is 1.89 bits per heavy atom. The molecule has 96 valence electrons. The third-order valence-electron chi connectivity index (χ3n) is 3.61. The highest BCUT2D eigenvalue weighted by Gasteiger charge is 2.18. The van der Waals surface area contributed by atoms with Gasteiger partial charge in [-0.05, 0) is 24.0 Å².